The Bertz CT molecular complexity index is 939. The monoisotopic (exact) mass is 444 g/mol. The van der Waals surface area contributed by atoms with E-state index in [0.29, 0.717) is 35.4 Å². The summed E-state index contributed by atoms with van der Waals surface area (Å²) in [4.78, 5) is 0. The van der Waals surface area contributed by atoms with Gasteiger partial charge in [-0.05, 0) is 72.7 Å². The number of hydrazone groups is 2. The van der Waals surface area contributed by atoms with Crippen molar-refractivity contribution >= 4 is 46.1 Å². The summed E-state index contributed by atoms with van der Waals surface area (Å²) >= 11 is 9.58. The first-order chi connectivity index (χ1) is 14.3. The van der Waals surface area contributed by atoms with Crippen molar-refractivity contribution in [1.82, 2.24) is 10.9 Å². The van der Waals surface area contributed by atoms with Crippen LogP contribution in [0.2, 0.25) is 0 Å². The molecule has 2 aromatic carbocycles. The van der Waals surface area contributed by atoms with Crippen molar-refractivity contribution in [2.24, 2.45) is 21.7 Å². The molecule has 0 spiro atoms. The van der Waals surface area contributed by atoms with Crippen molar-refractivity contribution in [2.75, 3.05) is 0 Å². The highest BCUT2D eigenvalue weighted by Gasteiger charge is 2.13. The predicted molar refractivity (Wildman–Crippen MR) is 129 cm³/mol. The van der Waals surface area contributed by atoms with Gasteiger partial charge in [0.1, 0.15) is 11.5 Å². The average molecular weight is 445 g/mol. The van der Waals surface area contributed by atoms with Crippen molar-refractivity contribution in [3.05, 3.63) is 47.5 Å². The topological polar surface area (TPSA) is 141 Å². The highest BCUT2D eigenvalue weighted by molar-refractivity contribution is 7.80. The average Bonchev–Trinajstić information content (AvgIpc) is 2.71. The molecule has 158 valence electrons. The van der Waals surface area contributed by atoms with E-state index in [2.05, 4.69) is 21.1 Å². The number of benzene rings is 2. The molecule has 0 aliphatic carbocycles. The summed E-state index contributed by atoms with van der Waals surface area (Å²) in [6.07, 6.45) is 1.09. The minimum atomic E-state index is 0.0386. The molecule has 30 heavy (non-hydrogen) atoms. The molecule has 2 aromatic rings. The molecule has 0 aliphatic rings. The van der Waals surface area contributed by atoms with E-state index in [9.17, 15) is 10.2 Å². The first-order valence-electron chi connectivity index (χ1n) is 9.17. The van der Waals surface area contributed by atoms with Gasteiger partial charge < -0.3 is 21.7 Å². The van der Waals surface area contributed by atoms with Gasteiger partial charge in [-0.1, -0.05) is 26.0 Å². The molecule has 2 rings (SSSR count). The Morgan fingerprint density at radius 1 is 0.800 bits per heavy atom. The number of hydrogen-bond acceptors (Lipinski definition) is 6. The van der Waals surface area contributed by atoms with Crippen LogP contribution in [0.1, 0.15) is 37.8 Å². The first kappa shape index (κ1) is 23.0. The fourth-order valence-electron chi connectivity index (χ4n) is 2.80. The van der Waals surface area contributed by atoms with Crippen LogP contribution >= 0.6 is 24.4 Å². The van der Waals surface area contributed by atoms with Crippen molar-refractivity contribution in [3.63, 3.8) is 0 Å². The highest BCUT2D eigenvalue weighted by atomic mass is 32.1. The smallest absolute Gasteiger partial charge is 0.184 e. The summed E-state index contributed by atoms with van der Waals surface area (Å²) in [6.45, 7) is 3.81. The van der Waals surface area contributed by atoms with Gasteiger partial charge in [0, 0.05) is 11.1 Å². The van der Waals surface area contributed by atoms with Gasteiger partial charge in [-0.3, -0.25) is 10.9 Å². The lowest BCUT2D eigenvalue weighted by molar-refractivity contribution is 0.473. The van der Waals surface area contributed by atoms with Gasteiger partial charge in [0.15, 0.2) is 10.2 Å². The fourth-order valence-corrected chi connectivity index (χ4v) is 2.89. The van der Waals surface area contributed by atoms with Gasteiger partial charge in [0.2, 0.25) is 0 Å². The van der Waals surface area contributed by atoms with E-state index in [4.69, 9.17) is 35.9 Å². The Hall–Kier alpha value is -3.24. The maximum Gasteiger partial charge on any atom is 0.184 e. The number of rotatable bonds is 7. The number of phenols is 2. The number of aromatic hydroxyl groups is 2. The third-order valence-corrected chi connectivity index (χ3v) is 4.40. The van der Waals surface area contributed by atoms with Crippen LogP contribution in [0.4, 0.5) is 0 Å². The Balaban J connectivity index is 2.52. The minimum Gasteiger partial charge on any atom is -0.507 e. The summed E-state index contributed by atoms with van der Waals surface area (Å²) in [7, 11) is 0. The Labute approximate surface area is 185 Å². The summed E-state index contributed by atoms with van der Waals surface area (Å²) in [6, 6.07) is 10.4. The lowest BCUT2D eigenvalue weighted by Gasteiger charge is -2.12. The van der Waals surface area contributed by atoms with Gasteiger partial charge in [-0.25, -0.2) is 0 Å². The van der Waals surface area contributed by atoms with Crippen LogP contribution in [0.15, 0.2) is 46.6 Å². The molecule has 0 radical (unpaired) electrons. The normalized spacial score (nSPS) is 11.8. The lowest BCUT2D eigenvalue weighted by atomic mass is 9.96. The quantitative estimate of drug-likeness (QED) is 0.217. The zero-order valence-electron chi connectivity index (χ0n) is 16.6. The van der Waals surface area contributed by atoms with E-state index in [-0.39, 0.29) is 21.7 Å². The van der Waals surface area contributed by atoms with E-state index in [1.165, 1.54) is 0 Å². The van der Waals surface area contributed by atoms with Crippen LogP contribution in [0.5, 0.6) is 11.5 Å². The Morgan fingerprint density at radius 3 is 1.47 bits per heavy atom. The number of phenolic OH excluding ortho intramolecular Hbond substituents is 2. The van der Waals surface area contributed by atoms with Crippen LogP contribution in [-0.2, 0) is 0 Å². The summed E-state index contributed by atoms with van der Waals surface area (Å²) in [5.74, 6) is 0.166. The lowest BCUT2D eigenvalue weighted by Crippen LogP contribution is -2.25. The SMILES string of the molecule is CC/C(=N\NC(N)=S)c1cc(-c2ccc(O)c(/C(CC)=N/NC(N)=S)c2)ccc1O. The molecule has 8 nitrogen and oxygen atoms in total. The van der Waals surface area contributed by atoms with E-state index < -0.39 is 0 Å². The third-order valence-electron chi connectivity index (χ3n) is 4.22. The minimum absolute atomic E-state index is 0.0386. The standard InChI is InChI=1S/C20H24N6O2S2/c1-3-15(23-25-19(21)29)13-9-11(5-7-17(13)27)12-6-8-18(28)14(10-12)16(4-2)24-26-20(22)30/h5-10,27-28H,3-4H2,1-2H3,(H3,21,25,29)(H3,22,26,30)/b23-15+,24-16+. The number of nitrogens with zero attached hydrogens (tertiary/aromatic N) is 2. The van der Waals surface area contributed by atoms with E-state index in [1.54, 1.807) is 24.3 Å². The van der Waals surface area contributed by atoms with Crippen LogP contribution in [0, 0.1) is 0 Å². The van der Waals surface area contributed by atoms with Gasteiger partial charge in [0.05, 0.1) is 11.4 Å². The van der Waals surface area contributed by atoms with Crippen molar-refractivity contribution < 1.29 is 10.2 Å². The summed E-state index contributed by atoms with van der Waals surface area (Å²) in [5, 5.41) is 29.1. The van der Waals surface area contributed by atoms with Gasteiger partial charge in [0.25, 0.3) is 0 Å². The molecule has 0 amide bonds. The maximum absolute atomic E-state index is 10.3. The molecule has 0 aromatic heterocycles. The van der Waals surface area contributed by atoms with Crippen molar-refractivity contribution in [2.45, 2.75) is 26.7 Å². The van der Waals surface area contributed by atoms with Crippen LogP contribution < -0.4 is 22.3 Å². The van der Waals surface area contributed by atoms with Crippen LogP contribution in [0.25, 0.3) is 11.1 Å². The summed E-state index contributed by atoms with van der Waals surface area (Å²) in [5.41, 5.74) is 19.9. The van der Waals surface area contributed by atoms with Crippen LogP contribution in [0.3, 0.4) is 0 Å². The first-order valence-corrected chi connectivity index (χ1v) is 9.99. The molecule has 10 heteroatoms. The van der Waals surface area contributed by atoms with Crippen molar-refractivity contribution in [3.8, 4) is 22.6 Å². The van der Waals surface area contributed by atoms with Gasteiger partial charge >= 0.3 is 0 Å². The second-order valence-corrected chi connectivity index (χ2v) is 7.12. The summed E-state index contributed by atoms with van der Waals surface area (Å²) < 4.78 is 0. The molecule has 0 aliphatic heterocycles. The second kappa shape index (κ2) is 10.5. The third kappa shape index (κ3) is 5.88. The number of nitrogens with one attached hydrogen (secondary N) is 2. The highest BCUT2D eigenvalue weighted by Crippen LogP contribution is 2.31. The molecule has 0 saturated carbocycles. The molecule has 0 bridgehead atoms. The molecule has 0 saturated heterocycles. The van der Waals surface area contributed by atoms with Crippen molar-refractivity contribution in [1.29, 1.82) is 0 Å². The Kier molecular flexibility index (Phi) is 8.07. The molecule has 0 unspecified atom stereocenters. The second-order valence-electron chi connectivity index (χ2n) is 6.24. The zero-order valence-corrected chi connectivity index (χ0v) is 18.3. The van der Waals surface area contributed by atoms with Gasteiger partial charge in [-0.2, -0.15) is 10.2 Å². The van der Waals surface area contributed by atoms with E-state index >= 15 is 0 Å². The number of nitrogens with two attached hydrogens (primary N) is 2. The number of thiocarbonyl (C=S) groups is 2. The predicted octanol–water partition coefficient (Wildman–Crippen LogP) is 2.66. The Morgan fingerprint density at radius 2 is 1.17 bits per heavy atom. The van der Waals surface area contributed by atoms with Crippen LogP contribution in [-0.4, -0.2) is 31.9 Å². The van der Waals surface area contributed by atoms with E-state index in [0.717, 1.165) is 11.1 Å². The molecular weight excluding hydrogens is 420 g/mol. The maximum atomic E-state index is 10.3. The molecular formula is C20H24N6O2S2. The largest absolute Gasteiger partial charge is 0.507 e. The van der Waals surface area contributed by atoms with Gasteiger partial charge in [-0.15, -0.1) is 0 Å². The number of hydrogen-bond donors (Lipinski definition) is 6. The molecule has 0 heterocycles. The molecule has 0 fully saturated rings. The molecule has 8 N–H and O–H groups in total. The van der Waals surface area contributed by atoms with E-state index in [1.807, 2.05) is 26.0 Å². The molecule has 0 atom stereocenters. The zero-order chi connectivity index (χ0) is 22.3. The fraction of sp³-hybridized carbons (Fsp3) is 0.200.